The van der Waals surface area contributed by atoms with E-state index < -0.39 is 120 Å². The van der Waals surface area contributed by atoms with Crippen LogP contribution in [0.2, 0.25) is 0 Å². The van der Waals surface area contributed by atoms with Crippen molar-refractivity contribution in [1.82, 2.24) is 20.9 Å². The van der Waals surface area contributed by atoms with Gasteiger partial charge in [0.1, 0.15) is 25.0 Å². The molecular weight excluding hydrogens is 1220 g/mol. The molecule has 25 nitrogen and oxygen atoms in total. The molecule has 0 saturated carbocycles. The fourth-order valence-electron chi connectivity index (χ4n) is 11.4. The molecule has 0 radical (unpaired) electrons. The first-order valence-electron chi connectivity index (χ1n) is 30.9. The average Bonchev–Trinajstić information content (AvgIpc) is 1.73. The largest absolute Gasteiger partial charge is 0.467 e. The van der Waals surface area contributed by atoms with E-state index in [2.05, 4.69) is 26.6 Å². The van der Waals surface area contributed by atoms with Crippen molar-refractivity contribution in [1.29, 1.82) is 0 Å². The van der Waals surface area contributed by atoms with E-state index in [0.29, 0.717) is 22.4 Å². The van der Waals surface area contributed by atoms with Crippen LogP contribution in [0.3, 0.4) is 0 Å². The number of nitrogens with one attached hydrogen (secondary N) is 5. The molecule has 1 heterocycles. The Labute approximate surface area is 547 Å². The van der Waals surface area contributed by atoms with E-state index >= 15 is 0 Å². The molecule has 6 rings (SSSR count). The molecule has 0 aromatic heterocycles. The van der Waals surface area contributed by atoms with Crippen LogP contribution in [-0.4, -0.2) is 154 Å². The maximum atomic E-state index is 14.5. The summed E-state index contributed by atoms with van der Waals surface area (Å²) < 4.78 is 50.5. The summed E-state index contributed by atoms with van der Waals surface area (Å²) >= 11 is 0. The number of carbonyl (C=O) groups excluding carboxylic acids is 10. The number of esters is 5. The molecule has 25 heteroatoms. The van der Waals surface area contributed by atoms with Gasteiger partial charge in [-0.1, -0.05) is 115 Å². The minimum Gasteiger partial charge on any atom is -0.467 e. The Morgan fingerprint density at radius 2 is 1.32 bits per heavy atom. The van der Waals surface area contributed by atoms with Gasteiger partial charge < -0.3 is 68.8 Å². The summed E-state index contributed by atoms with van der Waals surface area (Å²) in [6.45, 7) is 20.7. The predicted octanol–water partition coefficient (Wildman–Crippen LogP) is 8.07. The summed E-state index contributed by atoms with van der Waals surface area (Å²) in [7, 11) is 4.30. The number of hydrogen-bond donors (Lipinski definition) is 5. The number of rotatable bonds is 26. The van der Waals surface area contributed by atoms with Crippen LogP contribution in [0.25, 0.3) is 11.1 Å². The number of ether oxygens (including phenoxy) is 9. The van der Waals surface area contributed by atoms with Crippen LogP contribution in [0.15, 0.2) is 96.6 Å². The molecule has 94 heavy (non-hydrogen) atoms. The van der Waals surface area contributed by atoms with E-state index in [1.54, 1.807) is 71.3 Å². The highest BCUT2D eigenvalue weighted by Crippen LogP contribution is 2.45. The molecule has 1 saturated heterocycles. The molecule has 4 aromatic rings. The number of alkyl carbamates (subject to hydrolysis) is 1. The van der Waals surface area contributed by atoms with Gasteiger partial charge in [0.05, 0.1) is 31.5 Å². The molecule has 4 aromatic carbocycles. The molecule has 0 spiro atoms. The lowest BCUT2D eigenvalue weighted by molar-refractivity contribution is -0.282. The van der Waals surface area contributed by atoms with Crippen molar-refractivity contribution in [2.75, 3.05) is 51.6 Å². The van der Waals surface area contributed by atoms with E-state index in [9.17, 15) is 47.9 Å². The summed E-state index contributed by atoms with van der Waals surface area (Å²) in [5, 5.41) is 14.3. The zero-order chi connectivity index (χ0) is 69.5. The lowest BCUT2D eigenvalue weighted by Crippen LogP contribution is -2.64. The summed E-state index contributed by atoms with van der Waals surface area (Å²) in [5.41, 5.74) is 4.11. The Hall–Kier alpha value is -9.36. The van der Waals surface area contributed by atoms with Crippen LogP contribution in [-0.2, 0) is 88.3 Å². The third-order valence-electron chi connectivity index (χ3n) is 16.0. The number of hydrogen-bond acceptors (Lipinski definition) is 20. The topological polar surface area (TPSA) is 317 Å². The van der Waals surface area contributed by atoms with Crippen LogP contribution in [0, 0.1) is 18.3 Å². The van der Waals surface area contributed by atoms with Gasteiger partial charge in [0, 0.05) is 63.4 Å². The maximum Gasteiger partial charge on any atom is 0.411 e. The first-order valence-corrected chi connectivity index (χ1v) is 30.9. The molecule has 508 valence electrons. The van der Waals surface area contributed by atoms with Gasteiger partial charge in [-0.2, -0.15) is 0 Å². The molecule has 1 unspecified atom stereocenters. The van der Waals surface area contributed by atoms with Crippen molar-refractivity contribution in [2.24, 2.45) is 11.3 Å². The predicted molar refractivity (Wildman–Crippen MR) is 345 cm³/mol. The number of aryl methyl sites for hydroxylation is 1. The van der Waals surface area contributed by atoms with Crippen molar-refractivity contribution >= 4 is 71.1 Å². The molecule has 5 N–H and O–H groups in total. The highest BCUT2D eigenvalue weighted by Gasteiger charge is 2.56. The van der Waals surface area contributed by atoms with Crippen LogP contribution < -0.4 is 31.3 Å². The first kappa shape index (κ1) is 73.7. The van der Waals surface area contributed by atoms with Crippen LogP contribution in [0.5, 0.6) is 5.75 Å². The smallest absolute Gasteiger partial charge is 0.411 e. The van der Waals surface area contributed by atoms with Gasteiger partial charge in [-0.3, -0.25) is 34.1 Å². The Morgan fingerprint density at radius 1 is 0.713 bits per heavy atom. The Morgan fingerprint density at radius 3 is 1.89 bits per heavy atom. The number of amides is 5. The van der Waals surface area contributed by atoms with Gasteiger partial charge in [-0.15, -0.1) is 0 Å². The molecule has 8 atom stereocenters. The fourth-order valence-corrected chi connectivity index (χ4v) is 11.4. The molecular formula is C69H88N6O19. The SMILES string of the molecule is CCOC(=O)C(C)=C[C@H](C(C)C)N(C)C(=O)[C@@H](NC(=O)[C@H](NC)C(C)(C)c1cccc(NC(=O)OCc2cc(C)c(O[C@@H]3O[C@H](C(=O)OC)[C@@H](OC(C)=O)C(OC(C)=O)[C@H]3OC(C)=O)c(NC(=O)CCNC(=O)OCC3c4ccccc4-c4ccccc43)c2)c1)C(C)(C)C. The number of likely N-dealkylation sites (N-methyl/N-ethyl adjacent to an activating group) is 2. The number of fused-ring (bicyclic) bond motifs is 3. The second-order valence-electron chi connectivity index (χ2n) is 24.9. The molecule has 2 aliphatic rings. The molecule has 1 fully saturated rings. The first-order chi connectivity index (χ1) is 44.3. The Bertz CT molecular complexity index is 3440. The van der Waals surface area contributed by atoms with Gasteiger partial charge >= 0.3 is 42.0 Å². The zero-order valence-electron chi connectivity index (χ0n) is 56.2. The standard InChI is InChI=1S/C69H88N6O19/c1-17-87-63(82)39(5)32-52(37(2)3)75(15)62(81)60(68(9,10)11)74-61(80)59(70-14)69(12,13)44-23-22-24-45(34-44)72-67(85)88-35-43-31-38(4)54(93-65-58(92-42(8)78)56(91-41(7)77)55(90-40(6)76)57(94-65)64(83)86-16)51(33-43)73-53(79)29-30-71-66(84)89-36-50-48-27-20-18-25-46(48)47-26-19-21-28-49(47)50/h18-28,31-34,37,50,52,55-60,65,70H,17,29-30,35-36H2,1-16H3,(H,71,84)(H,72,85)(H,73,79)(H,74,80)/t52-,55+,56?,57+,58-,59+,60-,65-/m1/s1. The summed E-state index contributed by atoms with van der Waals surface area (Å²) in [5.74, 6) is -6.30. The van der Waals surface area contributed by atoms with Crippen molar-refractivity contribution in [3.05, 3.63) is 124 Å². The summed E-state index contributed by atoms with van der Waals surface area (Å²) in [4.78, 5) is 135. The van der Waals surface area contributed by atoms with Crippen molar-refractivity contribution in [2.45, 2.75) is 163 Å². The molecule has 0 bridgehead atoms. The van der Waals surface area contributed by atoms with Crippen LogP contribution in [0.4, 0.5) is 21.0 Å². The Balaban J connectivity index is 1.22. The zero-order valence-corrected chi connectivity index (χ0v) is 56.2. The van der Waals surface area contributed by atoms with E-state index in [-0.39, 0.29) is 60.9 Å². The van der Waals surface area contributed by atoms with Gasteiger partial charge in [0.25, 0.3) is 0 Å². The number of carbonyl (C=O) groups is 10. The second-order valence-corrected chi connectivity index (χ2v) is 24.9. The van der Waals surface area contributed by atoms with E-state index in [1.807, 2.05) is 97.0 Å². The summed E-state index contributed by atoms with van der Waals surface area (Å²) in [6.07, 6.45) is -9.09. The monoisotopic (exact) mass is 1300 g/mol. The fraction of sp³-hybridized carbons (Fsp3) is 0.478. The number of methoxy groups -OCH3 is 1. The third-order valence-corrected chi connectivity index (χ3v) is 16.0. The minimum absolute atomic E-state index is 0.0270. The van der Waals surface area contributed by atoms with Crippen molar-refractivity contribution in [3.63, 3.8) is 0 Å². The van der Waals surface area contributed by atoms with Crippen molar-refractivity contribution < 1.29 is 90.6 Å². The summed E-state index contributed by atoms with van der Waals surface area (Å²) in [6, 6.07) is 23.0. The van der Waals surface area contributed by atoms with E-state index in [0.717, 1.165) is 50.1 Å². The highest BCUT2D eigenvalue weighted by molar-refractivity contribution is 5.94. The maximum absolute atomic E-state index is 14.5. The highest BCUT2D eigenvalue weighted by atomic mass is 16.7. The lowest BCUT2D eigenvalue weighted by Gasteiger charge is -2.43. The van der Waals surface area contributed by atoms with E-state index in [1.165, 1.54) is 11.0 Å². The van der Waals surface area contributed by atoms with Gasteiger partial charge in [0.2, 0.25) is 30.1 Å². The normalized spacial score (nSPS) is 17.9. The number of anilines is 2. The van der Waals surface area contributed by atoms with Crippen molar-refractivity contribution in [3.8, 4) is 16.9 Å². The third kappa shape index (κ3) is 18.7. The minimum atomic E-state index is -1.84. The van der Waals surface area contributed by atoms with Crippen LogP contribution in [0.1, 0.15) is 123 Å². The molecule has 1 aliphatic heterocycles. The molecule has 1 aliphatic carbocycles. The lowest BCUT2D eigenvalue weighted by atomic mass is 9.76. The van der Waals surface area contributed by atoms with Gasteiger partial charge in [0.15, 0.2) is 18.3 Å². The average molecular weight is 1310 g/mol. The molecule has 5 amide bonds. The van der Waals surface area contributed by atoms with Gasteiger partial charge in [-0.05, 0) is 102 Å². The quantitative estimate of drug-likeness (QED) is 0.0225. The number of nitrogens with zero attached hydrogens (tertiary/aromatic N) is 1. The second kappa shape index (κ2) is 32.5. The van der Waals surface area contributed by atoms with E-state index in [4.69, 9.17) is 42.6 Å². The number of benzene rings is 4. The van der Waals surface area contributed by atoms with Gasteiger partial charge in [-0.25, -0.2) is 19.2 Å². The van der Waals surface area contributed by atoms with Crippen LogP contribution >= 0.6 is 0 Å². The Kier molecular flexibility index (Phi) is 25.5.